The van der Waals surface area contributed by atoms with E-state index in [0.717, 1.165) is 5.56 Å². The molecule has 0 fully saturated rings. The predicted octanol–water partition coefficient (Wildman–Crippen LogP) is 5.81. The molecule has 0 aromatic heterocycles. The smallest absolute Gasteiger partial charge is 0.339 e. The van der Waals surface area contributed by atoms with Gasteiger partial charge < -0.3 is 4.18 Å². The summed E-state index contributed by atoms with van der Waals surface area (Å²) in [5, 5.41) is 17.0. The minimum atomic E-state index is -4.02. The van der Waals surface area contributed by atoms with E-state index in [4.69, 9.17) is 9.44 Å². The van der Waals surface area contributed by atoms with Gasteiger partial charge in [0.1, 0.15) is 10.6 Å². The molecule has 3 aromatic rings. The Hall–Kier alpha value is -3.02. The normalized spacial score (nSPS) is 11.3. The SMILES string of the molecule is Cc1ccc(S(=O)(=O)Oc2cc(Br)ccc2N=Nc2ccc(C#N)cc2)cc1. The fourth-order valence-electron chi connectivity index (χ4n) is 2.22. The Morgan fingerprint density at radius 2 is 1.64 bits per heavy atom. The maximum Gasteiger partial charge on any atom is 0.339 e. The fourth-order valence-corrected chi connectivity index (χ4v) is 3.50. The van der Waals surface area contributed by atoms with Gasteiger partial charge in [-0.25, -0.2) is 0 Å². The van der Waals surface area contributed by atoms with E-state index in [2.05, 4.69) is 26.2 Å². The number of benzene rings is 3. The molecule has 28 heavy (non-hydrogen) atoms. The first-order valence-corrected chi connectivity index (χ1v) is 10.3. The number of hydrogen-bond donors (Lipinski definition) is 0. The number of azo groups is 1. The van der Waals surface area contributed by atoms with E-state index in [-0.39, 0.29) is 16.3 Å². The van der Waals surface area contributed by atoms with Crippen LogP contribution in [-0.2, 0) is 10.1 Å². The molecule has 0 saturated heterocycles. The van der Waals surface area contributed by atoms with Gasteiger partial charge in [0.15, 0.2) is 5.75 Å². The Kier molecular flexibility index (Phi) is 5.87. The maximum absolute atomic E-state index is 12.6. The molecule has 8 heteroatoms. The lowest BCUT2D eigenvalue weighted by Crippen LogP contribution is -2.09. The summed E-state index contributed by atoms with van der Waals surface area (Å²) in [6.45, 7) is 1.87. The van der Waals surface area contributed by atoms with Crippen molar-refractivity contribution in [1.82, 2.24) is 0 Å². The molecule has 3 aromatic carbocycles. The van der Waals surface area contributed by atoms with Gasteiger partial charge in [-0.05, 0) is 61.5 Å². The van der Waals surface area contributed by atoms with Crippen LogP contribution in [0.5, 0.6) is 5.75 Å². The molecular weight excluding hydrogens is 442 g/mol. The number of nitriles is 1. The summed E-state index contributed by atoms with van der Waals surface area (Å²) in [7, 11) is -4.02. The molecule has 0 aliphatic carbocycles. The first-order chi connectivity index (χ1) is 13.4. The summed E-state index contributed by atoms with van der Waals surface area (Å²) >= 11 is 3.30. The largest absolute Gasteiger partial charge is 0.377 e. The summed E-state index contributed by atoms with van der Waals surface area (Å²) in [6.07, 6.45) is 0. The number of halogens is 1. The van der Waals surface area contributed by atoms with Crippen LogP contribution < -0.4 is 4.18 Å². The lowest BCUT2D eigenvalue weighted by atomic mass is 10.2. The highest BCUT2D eigenvalue weighted by Crippen LogP contribution is 2.34. The average Bonchev–Trinajstić information content (AvgIpc) is 2.68. The third-order valence-electron chi connectivity index (χ3n) is 3.70. The first kappa shape index (κ1) is 19.7. The monoisotopic (exact) mass is 455 g/mol. The van der Waals surface area contributed by atoms with Crippen molar-refractivity contribution in [3.63, 3.8) is 0 Å². The quantitative estimate of drug-likeness (QED) is 0.358. The van der Waals surface area contributed by atoms with Gasteiger partial charge in [0.25, 0.3) is 0 Å². The Labute approximate surface area is 171 Å². The van der Waals surface area contributed by atoms with Crippen molar-refractivity contribution in [2.24, 2.45) is 10.2 Å². The molecule has 3 rings (SSSR count). The predicted molar refractivity (Wildman–Crippen MR) is 108 cm³/mol. The molecule has 0 unspecified atom stereocenters. The average molecular weight is 456 g/mol. The molecule has 0 saturated carbocycles. The van der Waals surface area contributed by atoms with Crippen LogP contribution in [0.2, 0.25) is 0 Å². The van der Waals surface area contributed by atoms with E-state index in [1.165, 1.54) is 18.2 Å². The van der Waals surface area contributed by atoms with Crippen molar-refractivity contribution in [1.29, 1.82) is 5.26 Å². The highest BCUT2D eigenvalue weighted by molar-refractivity contribution is 9.10. The zero-order chi connectivity index (χ0) is 20.1. The van der Waals surface area contributed by atoms with Crippen molar-refractivity contribution >= 4 is 37.4 Å². The molecule has 0 spiro atoms. The molecule has 140 valence electrons. The van der Waals surface area contributed by atoms with Crippen molar-refractivity contribution in [3.8, 4) is 11.8 Å². The van der Waals surface area contributed by atoms with Gasteiger partial charge in [0, 0.05) is 4.47 Å². The van der Waals surface area contributed by atoms with Crippen LogP contribution in [0.1, 0.15) is 11.1 Å². The van der Waals surface area contributed by atoms with Crippen LogP contribution in [-0.4, -0.2) is 8.42 Å². The van der Waals surface area contributed by atoms with Crippen molar-refractivity contribution in [2.75, 3.05) is 0 Å². The summed E-state index contributed by atoms with van der Waals surface area (Å²) < 4.78 is 31.1. The second kappa shape index (κ2) is 8.33. The van der Waals surface area contributed by atoms with Crippen molar-refractivity contribution < 1.29 is 12.6 Å². The van der Waals surface area contributed by atoms with Crippen molar-refractivity contribution in [2.45, 2.75) is 11.8 Å². The Morgan fingerprint density at radius 1 is 0.964 bits per heavy atom. The van der Waals surface area contributed by atoms with Gasteiger partial charge in [-0.15, -0.1) is 5.11 Å². The third kappa shape index (κ3) is 4.82. The van der Waals surface area contributed by atoms with E-state index >= 15 is 0 Å². The fraction of sp³-hybridized carbons (Fsp3) is 0.0500. The van der Waals surface area contributed by atoms with Crippen LogP contribution in [0.25, 0.3) is 0 Å². The molecule has 0 bridgehead atoms. The topological polar surface area (TPSA) is 91.9 Å². The number of rotatable bonds is 5. The van der Waals surface area contributed by atoms with Gasteiger partial charge in [0.2, 0.25) is 0 Å². The van der Waals surface area contributed by atoms with E-state index in [1.807, 2.05) is 13.0 Å². The van der Waals surface area contributed by atoms with Gasteiger partial charge in [-0.2, -0.15) is 18.8 Å². The molecule has 0 amide bonds. The molecule has 0 N–H and O–H groups in total. The molecule has 6 nitrogen and oxygen atoms in total. The first-order valence-electron chi connectivity index (χ1n) is 8.10. The number of hydrogen-bond acceptors (Lipinski definition) is 6. The summed E-state index contributed by atoms with van der Waals surface area (Å²) in [5.74, 6) is 0.0485. The zero-order valence-corrected chi connectivity index (χ0v) is 17.1. The zero-order valence-electron chi connectivity index (χ0n) is 14.7. The Morgan fingerprint density at radius 3 is 2.29 bits per heavy atom. The highest BCUT2D eigenvalue weighted by atomic mass is 79.9. The highest BCUT2D eigenvalue weighted by Gasteiger charge is 2.19. The molecule has 0 aliphatic heterocycles. The van der Waals surface area contributed by atoms with Gasteiger partial charge in [-0.3, -0.25) is 0 Å². The van der Waals surface area contributed by atoms with Gasteiger partial charge in [0.05, 0.1) is 17.3 Å². The van der Waals surface area contributed by atoms with E-state index in [9.17, 15) is 8.42 Å². The standard InChI is InChI=1S/C20H14BrN3O3S/c1-14-2-9-18(10-3-14)28(25,26)27-20-12-16(21)6-11-19(20)24-23-17-7-4-15(13-22)5-8-17/h2-12H,1H3. The van der Waals surface area contributed by atoms with Crippen molar-refractivity contribution in [3.05, 3.63) is 82.3 Å². The molecule has 0 heterocycles. The minimum absolute atomic E-state index is 0.0485. The van der Waals surface area contributed by atoms with E-state index < -0.39 is 10.1 Å². The number of nitrogens with zero attached hydrogens (tertiary/aromatic N) is 3. The van der Waals surface area contributed by atoms with Crippen LogP contribution in [0.4, 0.5) is 11.4 Å². The summed E-state index contributed by atoms with van der Waals surface area (Å²) in [6, 6.07) is 19.7. The van der Waals surface area contributed by atoms with E-state index in [0.29, 0.717) is 15.7 Å². The minimum Gasteiger partial charge on any atom is -0.377 e. The molecular formula is C20H14BrN3O3S. The summed E-state index contributed by atoms with van der Waals surface area (Å²) in [4.78, 5) is 0.0491. The number of aryl methyl sites for hydroxylation is 1. The van der Waals surface area contributed by atoms with Gasteiger partial charge in [-0.1, -0.05) is 33.6 Å². The lowest BCUT2D eigenvalue weighted by molar-refractivity contribution is 0.486. The van der Waals surface area contributed by atoms with Crippen LogP contribution in [0, 0.1) is 18.3 Å². The van der Waals surface area contributed by atoms with Crippen LogP contribution >= 0.6 is 15.9 Å². The third-order valence-corrected chi connectivity index (χ3v) is 5.44. The van der Waals surface area contributed by atoms with Crippen LogP contribution in [0.15, 0.2) is 86.3 Å². The maximum atomic E-state index is 12.6. The van der Waals surface area contributed by atoms with Crippen LogP contribution in [0.3, 0.4) is 0 Å². The molecule has 0 radical (unpaired) electrons. The molecule has 0 aliphatic rings. The second-order valence-corrected chi connectivity index (χ2v) is 8.28. The second-order valence-electron chi connectivity index (χ2n) is 5.82. The van der Waals surface area contributed by atoms with E-state index in [1.54, 1.807) is 48.5 Å². The Bertz CT molecular complexity index is 1170. The Balaban J connectivity index is 1.91. The molecule has 0 atom stereocenters. The van der Waals surface area contributed by atoms with Gasteiger partial charge >= 0.3 is 10.1 Å². The lowest BCUT2D eigenvalue weighted by Gasteiger charge is -2.09. The summed E-state index contributed by atoms with van der Waals surface area (Å²) in [5.41, 5.74) is 2.23.